The lowest BCUT2D eigenvalue weighted by molar-refractivity contribution is 0.103. The van der Waals surface area contributed by atoms with Crippen molar-refractivity contribution < 1.29 is 4.79 Å². The van der Waals surface area contributed by atoms with Crippen LogP contribution in [-0.2, 0) is 13.0 Å². The number of aromatic nitrogens is 2. The second-order valence-corrected chi connectivity index (χ2v) is 4.33. The van der Waals surface area contributed by atoms with Crippen molar-refractivity contribution >= 4 is 5.78 Å². The van der Waals surface area contributed by atoms with Crippen LogP contribution in [0.5, 0.6) is 0 Å². The molecule has 90 valence electrons. The fraction of sp³-hybridized carbons (Fsp3) is 0.214. The molecule has 1 aromatic heterocycles. The van der Waals surface area contributed by atoms with Crippen molar-refractivity contribution in [1.29, 1.82) is 0 Å². The van der Waals surface area contributed by atoms with Gasteiger partial charge in [-0.05, 0) is 30.2 Å². The van der Waals surface area contributed by atoms with Gasteiger partial charge in [0.1, 0.15) is 5.69 Å². The van der Waals surface area contributed by atoms with E-state index in [9.17, 15) is 4.79 Å². The number of benzene rings is 1. The van der Waals surface area contributed by atoms with Gasteiger partial charge in [-0.15, -0.1) is 0 Å². The van der Waals surface area contributed by atoms with Crippen LogP contribution in [0.15, 0.2) is 36.8 Å². The van der Waals surface area contributed by atoms with Crippen molar-refractivity contribution in [2.75, 3.05) is 6.54 Å². The zero-order valence-electron chi connectivity index (χ0n) is 9.89. The number of carbonyl (C=O) groups excluding carboxylic acids is 1. The SMILES string of the molecule is O=C(c1ccc2c(c1)CNCC2)c1cnccn1. The number of hydrogen-bond acceptors (Lipinski definition) is 4. The summed E-state index contributed by atoms with van der Waals surface area (Å²) in [5, 5.41) is 3.31. The Balaban J connectivity index is 1.95. The summed E-state index contributed by atoms with van der Waals surface area (Å²) in [6.45, 7) is 1.83. The molecule has 18 heavy (non-hydrogen) atoms. The van der Waals surface area contributed by atoms with Crippen LogP contribution in [-0.4, -0.2) is 22.3 Å². The van der Waals surface area contributed by atoms with Crippen LogP contribution < -0.4 is 5.32 Å². The minimum absolute atomic E-state index is 0.0727. The van der Waals surface area contributed by atoms with Crippen LogP contribution in [0.1, 0.15) is 27.2 Å². The second kappa shape index (κ2) is 4.66. The number of rotatable bonds is 2. The summed E-state index contributed by atoms with van der Waals surface area (Å²) in [7, 11) is 0. The smallest absolute Gasteiger partial charge is 0.212 e. The van der Waals surface area contributed by atoms with E-state index in [2.05, 4.69) is 15.3 Å². The first kappa shape index (κ1) is 11.0. The van der Waals surface area contributed by atoms with Crippen LogP contribution >= 0.6 is 0 Å². The molecule has 0 atom stereocenters. The van der Waals surface area contributed by atoms with Crippen LogP contribution in [0.4, 0.5) is 0 Å². The second-order valence-electron chi connectivity index (χ2n) is 4.33. The minimum atomic E-state index is -0.0727. The fourth-order valence-corrected chi connectivity index (χ4v) is 2.19. The predicted octanol–water partition coefficient (Wildman–Crippen LogP) is 1.35. The molecule has 0 radical (unpaired) electrons. The number of carbonyl (C=O) groups is 1. The van der Waals surface area contributed by atoms with E-state index in [1.165, 1.54) is 23.5 Å². The van der Waals surface area contributed by atoms with Gasteiger partial charge in [0.25, 0.3) is 0 Å². The maximum absolute atomic E-state index is 12.2. The van der Waals surface area contributed by atoms with Crippen LogP contribution in [0, 0.1) is 0 Å². The Hall–Kier alpha value is -2.07. The number of fused-ring (bicyclic) bond motifs is 1. The molecule has 0 bridgehead atoms. The molecule has 2 aromatic rings. The minimum Gasteiger partial charge on any atom is -0.312 e. The Labute approximate surface area is 105 Å². The summed E-state index contributed by atoms with van der Waals surface area (Å²) >= 11 is 0. The van der Waals surface area contributed by atoms with E-state index in [0.717, 1.165) is 19.5 Å². The number of hydrogen-bond donors (Lipinski definition) is 1. The quantitative estimate of drug-likeness (QED) is 0.804. The lowest BCUT2D eigenvalue weighted by Crippen LogP contribution is -2.23. The topological polar surface area (TPSA) is 54.9 Å². The van der Waals surface area contributed by atoms with Gasteiger partial charge in [-0.2, -0.15) is 0 Å². The lowest BCUT2D eigenvalue weighted by Gasteiger charge is -2.17. The largest absolute Gasteiger partial charge is 0.312 e. The van der Waals surface area contributed by atoms with Gasteiger partial charge in [0.2, 0.25) is 5.78 Å². The first-order valence-corrected chi connectivity index (χ1v) is 5.98. The molecular formula is C14H13N3O. The molecule has 1 aromatic carbocycles. The maximum atomic E-state index is 12.2. The van der Waals surface area contributed by atoms with E-state index in [1.54, 1.807) is 6.20 Å². The molecule has 0 unspecified atom stereocenters. The highest BCUT2D eigenvalue weighted by molar-refractivity contribution is 6.07. The van der Waals surface area contributed by atoms with E-state index in [-0.39, 0.29) is 5.78 Å². The molecule has 1 N–H and O–H groups in total. The summed E-state index contributed by atoms with van der Waals surface area (Å²) < 4.78 is 0. The molecule has 0 amide bonds. The van der Waals surface area contributed by atoms with Gasteiger partial charge >= 0.3 is 0 Å². The number of nitrogens with zero attached hydrogens (tertiary/aromatic N) is 2. The van der Waals surface area contributed by atoms with Crippen molar-refractivity contribution in [2.24, 2.45) is 0 Å². The van der Waals surface area contributed by atoms with Gasteiger partial charge in [0.05, 0.1) is 6.20 Å². The molecule has 0 fully saturated rings. The molecule has 0 saturated carbocycles. The molecular weight excluding hydrogens is 226 g/mol. The summed E-state index contributed by atoms with van der Waals surface area (Å²) in [4.78, 5) is 20.2. The molecule has 1 aliphatic heterocycles. The molecule has 1 aliphatic rings. The molecule has 0 spiro atoms. The van der Waals surface area contributed by atoms with Crippen molar-refractivity contribution in [3.8, 4) is 0 Å². The Morgan fingerprint density at radius 3 is 3.00 bits per heavy atom. The fourth-order valence-electron chi connectivity index (χ4n) is 2.19. The standard InChI is InChI=1S/C14H13N3O/c18-14(13-9-16-5-6-17-13)11-2-1-10-3-4-15-8-12(10)7-11/h1-2,5-7,9,15H,3-4,8H2. The van der Waals surface area contributed by atoms with Gasteiger partial charge in [-0.25, -0.2) is 4.98 Å². The monoisotopic (exact) mass is 239 g/mol. The summed E-state index contributed by atoms with van der Waals surface area (Å²) in [5.41, 5.74) is 3.60. The molecule has 0 saturated heterocycles. The average molecular weight is 239 g/mol. The average Bonchev–Trinajstić information content (AvgIpc) is 2.47. The van der Waals surface area contributed by atoms with E-state index < -0.39 is 0 Å². The third-order valence-electron chi connectivity index (χ3n) is 3.15. The highest BCUT2D eigenvalue weighted by atomic mass is 16.1. The Morgan fingerprint density at radius 1 is 1.22 bits per heavy atom. The van der Waals surface area contributed by atoms with Crippen molar-refractivity contribution in [1.82, 2.24) is 15.3 Å². The Morgan fingerprint density at radius 2 is 2.17 bits per heavy atom. The van der Waals surface area contributed by atoms with Crippen LogP contribution in [0.3, 0.4) is 0 Å². The summed E-state index contributed by atoms with van der Waals surface area (Å²) in [5.74, 6) is -0.0727. The molecule has 4 heteroatoms. The van der Waals surface area contributed by atoms with Gasteiger partial charge in [0, 0.05) is 24.5 Å². The Bertz CT molecular complexity index is 581. The van der Waals surface area contributed by atoms with E-state index >= 15 is 0 Å². The van der Waals surface area contributed by atoms with Crippen LogP contribution in [0.25, 0.3) is 0 Å². The highest BCUT2D eigenvalue weighted by Crippen LogP contribution is 2.17. The Kier molecular flexibility index (Phi) is 2.86. The third kappa shape index (κ3) is 2.02. The third-order valence-corrected chi connectivity index (χ3v) is 3.15. The van der Waals surface area contributed by atoms with Crippen molar-refractivity contribution in [3.05, 3.63) is 59.2 Å². The van der Waals surface area contributed by atoms with Gasteiger partial charge < -0.3 is 5.32 Å². The predicted molar refractivity (Wildman–Crippen MR) is 67.3 cm³/mol. The molecule has 4 nitrogen and oxygen atoms in total. The normalized spacial score (nSPS) is 14.0. The number of ketones is 1. The van der Waals surface area contributed by atoms with Crippen LogP contribution in [0.2, 0.25) is 0 Å². The van der Waals surface area contributed by atoms with Gasteiger partial charge in [-0.1, -0.05) is 12.1 Å². The van der Waals surface area contributed by atoms with E-state index in [4.69, 9.17) is 0 Å². The molecule has 3 rings (SSSR count). The zero-order chi connectivity index (χ0) is 12.4. The molecule has 2 heterocycles. The van der Waals surface area contributed by atoms with Crippen molar-refractivity contribution in [2.45, 2.75) is 13.0 Å². The van der Waals surface area contributed by atoms with Crippen molar-refractivity contribution in [3.63, 3.8) is 0 Å². The zero-order valence-corrected chi connectivity index (χ0v) is 9.89. The summed E-state index contributed by atoms with van der Waals surface area (Å²) in [6, 6.07) is 5.87. The highest BCUT2D eigenvalue weighted by Gasteiger charge is 2.14. The first-order chi connectivity index (χ1) is 8.84. The van der Waals surface area contributed by atoms with Gasteiger partial charge in [0.15, 0.2) is 0 Å². The van der Waals surface area contributed by atoms with E-state index in [1.807, 2.05) is 18.2 Å². The lowest BCUT2D eigenvalue weighted by atomic mass is 9.96. The van der Waals surface area contributed by atoms with E-state index in [0.29, 0.717) is 11.3 Å². The molecule has 0 aliphatic carbocycles. The van der Waals surface area contributed by atoms with Gasteiger partial charge in [-0.3, -0.25) is 9.78 Å². The maximum Gasteiger partial charge on any atom is 0.212 e. The first-order valence-electron chi connectivity index (χ1n) is 5.98. The number of nitrogens with one attached hydrogen (secondary N) is 1. The summed E-state index contributed by atoms with van der Waals surface area (Å²) in [6.07, 6.45) is 5.62.